The molecule has 1 N–H and O–H groups in total. The number of hydrogen-bond acceptors (Lipinski definition) is 4. The summed E-state index contributed by atoms with van der Waals surface area (Å²) >= 11 is 6.05. The molecule has 1 aromatic rings. The van der Waals surface area contributed by atoms with Crippen LogP contribution in [0.5, 0.6) is 0 Å². The molecule has 6 heteroatoms. The van der Waals surface area contributed by atoms with Gasteiger partial charge in [0.25, 0.3) is 0 Å². The first-order valence-corrected chi connectivity index (χ1v) is 8.23. The largest absolute Gasteiger partial charge is 0.311 e. The third-order valence-electron chi connectivity index (χ3n) is 3.33. The van der Waals surface area contributed by atoms with E-state index in [9.17, 15) is 8.42 Å². The maximum atomic E-state index is 11.7. The second-order valence-corrected chi connectivity index (χ2v) is 7.49. The summed E-state index contributed by atoms with van der Waals surface area (Å²) in [5, 5.41) is 12.1. The van der Waals surface area contributed by atoms with Gasteiger partial charge in [-0.2, -0.15) is 5.26 Å². The quantitative estimate of drug-likeness (QED) is 0.921. The van der Waals surface area contributed by atoms with Crippen molar-refractivity contribution in [1.29, 1.82) is 5.26 Å². The number of halogens is 1. The molecule has 0 aromatic heterocycles. The third-order valence-corrected chi connectivity index (χ3v) is 5.96. The standard InChI is InChI=1S/C13H15ClN2O2S/c14-13-6-10(7-15)3-4-11(13)8-16-9-12-2-1-5-19(12,17)18/h3-4,6,12,16H,1-2,5,8-9H2. The molecule has 1 heterocycles. The molecular formula is C13H15ClN2O2S. The summed E-state index contributed by atoms with van der Waals surface area (Å²) in [5.74, 6) is 0.303. The maximum Gasteiger partial charge on any atom is 0.154 e. The Bertz CT molecular complexity index is 608. The van der Waals surface area contributed by atoms with Crippen molar-refractivity contribution in [1.82, 2.24) is 5.32 Å². The van der Waals surface area contributed by atoms with Crippen LogP contribution in [0.3, 0.4) is 0 Å². The molecule has 1 saturated heterocycles. The van der Waals surface area contributed by atoms with E-state index in [0.29, 0.717) is 29.4 Å². The van der Waals surface area contributed by atoms with Crippen LogP contribution in [-0.2, 0) is 16.4 Å². The summed E-state index contributed by atoms with van der Waals surface area (Å²) in [7, 11) is -2.90. The minimum atomic E-state index is -2.90. The van der Waals surface area contributed by atoms with Gasteiger partial charge in [0, 0.05) is 18.1 Å². The molecule has 1 unspecified atom stereocenters. The van der Waals surface area contributed by atoms with Crippen LogP contribution in [0.4, 0.5) is 0 Å². The van der Waals surface area contributed by atoms with Gasteiger partial charge in [-0.1, -0.05) is 17.7 Å². The highest BCUT2D eigenvalue weighted by molar-refractivity contribution is 7.92. The van der Waals surface area contributed by atoms with Crippen LogP contribution in [0.15, 0.2) is 18.2 Å². The molecule has 0 saturated carbocycles. The van der Waals surface area contributed by atoms with E-state index in [1.165, 1.54) is 0 Å². The number of rotatable bonds is 4. The fourth-order valence-electron chi connectivity index (χ4n) is 2.22. The highest BCUT2D eigenvalue weighted by Crippen LogP contribution is 2.20. The van der Waals surface area contributed by atoms with Crippen molar-refractivity contribution in [3.05, 3.63) is 34.3 Å². The predicted octanol–water partition coefficient (Wildman–Crippen LogP) is 1.88. The normalized spacial score (nSPS) is 21.2. The van der Waals surface area contributed by atoms with E-state index in [0.717, 1.165) is 18.4 Å². The lowest BCUT2D eigenvalue weighted by Gasteiger charge is -2.11. The van der Waals surface area contributed by atoms with Gasteiger partial charge in [0.1, 0.15) is 0 Å². The molecule has 0 bridgehead atoms. The first-order valence-electron chi connectivity index (χ1n) is 6.14. The molecule has 1 aliphatic heterocycles. The molecule has 0 radical (unpaired) electrons. The van der Waals surface area contributed by atoms with Crippen LogP contribution in [0.25, 0.3) is 0 Å². The van der Waals surface area contributed by atoms with Crippen molar-refractivity contribution in [3.63, 3.8) is 0 Å². The second-order valence-electron chi connectivity index (χ2n) is 4.68. The van der Waals surface area contributed by atoms with Crippen molar-refractivity contribution >= 4 is 21.4 Å². The van der Waals surface area contributed by atoms with E-state index in [1.54, 1.807) is 18.2 Å². The van der Waals surface area contributed by atoms with E-state index in [2.05, 4.69) is 5.32 Å². The number of nitrogens with zero attached hydrogens (tertiary/aromatic N) is 1. The van der Waals surface area contributed by atoms with Crippen molar-refractivity contribution in [2.45, 2.75) is 24.6 Å². The first kappa shape index (κ1) is 14.3. The number of nitrogens with one attached hydrogen (secondary N) is 1. The van der Waals surface area contributed by atoms with Crippen molar-refractivity contribution in [2.75, 3.05) is 12.3 Å². The van der Waals surface area contributed by atoms with Gasteiger partial charge in [-0.15, -0.1) is 0 Å². The van der Waals surface area contributed by atoms with Crippen LogP contribution < -0.4 is 5.32 Å². The molecule has 1 fully saturated rings. The molecule has 1 aliphatic rings. The Morgan fingerprint density at radius 1 is 1.47 bits per heavy atom. The number of nitriles is 1. The zero-order valence-corrected chi connectivity index (χ0v) is 12.0. The minimum Gasteiger partial charge on any atom is -0.311 e. The summed E-state index contributed by atoms with van der Waals surface area (Å²) < 4.78 is 23.3. The smallest absolute Gasteiger partial charge is 0.154 e. The molecule has 1 aromatic carbocycles. The van der Waals surface area contributed by atoms with Crippen LogP contribution in [0.2, 0.25) is 5.02 Å². The Balaban J connectivity index is 1.92. The van der Waals surface area contributed by atoms with E-state index in [-0.39, 0.29) is 5.25 Å². The van der Waals surface area contributed by atoms with Crippen molar-refractivity contribution in [3.8, 4) is 6.07 Å². The number of hydrogen-bond donors (Lipinski definition) is 1. The third kappa shape index (κ3) is 3.47. The minimum absolute atomic E-state index is 0.273. The zero-order valence-electron chi connectivity index (χ0n) is 10.4. The summed E-state index contributed by atoms with van der Waals surface area (Å²) in [6, 6.07) is 7.13. The second kappa shape index (κ2) is 5.91. The molecule has 0 spiro atoms. The fraction of sp³-hybridized carbons (Fsp3) is 0.462. The Morgan fingerprint density at radius 2 is 2.26 bits per heavy atom. The highest BCUT2D eigenvalue weighted by atomic mass is 35.5. The van der Waals surface area contributed by atoms with Crippen molar-refractivity contribution < 1.29 is 8.42 Å². The molecular weight excluding hydrogens is 284 g/mol. The lowest BCUT2D eigenvalue weighted by atomic mass is 10.1. The average Bonchev–Trinajstić information content (AvgIpc) is 2.70. The number of sulfone groups is 1. The van der Waals surface area contributed by atoms with Crippen LogP contribution in [-0.4, -0.2) is 26.0 Å². The Morgan fingerprint density at radius 3 is 2.84 bits per heavy atom. The SMILES string of the molecule is N#Cc1ccc(CNCC2CCCS2(=O)=O)c(Cl)c1. The van der Waals surface area contributed by atoms with Crippen LogP contribution in [0, 0.1) is 11.3 Å². The van der Waals surface area contributed by atoms with Gasteiger partial charge in [0.15, 0.2) is 9.84 Å². The molecule has 19 heavy (non-hydrogen) atoms. The molecule has 4 nitrogen and oxygen atoms in total. The lowest BCUT2D eigenvalue weighted by molar-refractivity contribution is 0.574. The Hall–Kier alpha value is -1.09. The van der Waals surface area contributed by atoms with E-state index in [1.807, 2.05) is 6.07 Å². The van der Waals surface area contributed by atoms with Gasteiger partial charge < -0.3 is 5.32 Å². The lowest BCUT2D eigenvalue weighted by Crippen LogP contribution is -2.30. The number of benzene rings is 1. The zero-order chi connectivity index (χ0) is 13.9. The molecule has 1 atom stereocenters. The van der Waals surface area contributed by atoms with Gasteiger partial charge in [0.05, 0.1) is 22.6 Å². The van der Waals surface area contributed by atoms with E-state index >= 15 is 0 Å². The van der Waals surface area contributed by atoms with Crippen LogP contribution >= 0.6 is 11.6 Å². The molecule has 102 valence electrons. The van der Waals surface area contributed by atoms with E-state index in [4.69, 9.17) is 16.9 Å². The Kier molecular flexibility index (Phi) is 4.46. The van der Waals surface area contributed by atoms with Gasteiger partial charge in [-0.25, -0.2) is 8.42 Å². The highest BCUT2D eigenvalue weighted by Gasteiger charge is 2.30. The average molecular weight is 299 g/mol. The molecule has 0 aliphatic carbocycles. The molecule has 2 rings (SSSR count). The van der Waals surface area contributed by atoms with Crippen LogP contribution in [0.1, 0.15) is 24.0 Å². The summed E-state index contributed by atoms with van der Waals surface area (Å²) in [5.41, 5.74) is 1.39. The fourth-order valence-corrected chi connectivity index (χ4v) is 4.26. The Labute approximate surface area is 118 Å². The summed E-state index contributed by atoms with van der Waals surface area (Å²) in [4.78, 5) is 0. The van der Waals surface area contributed by atoms with Gasteiger partial charge in [-0.3, -0.25) is 0 Å². The maximum absolute atomic E-state index is 11.7. The van der Waals surface area contributed by atoms with Gasteiger partial charge in [0.2, 0.25) is 0 Å². The van der Waals surface area contributed by atoms with E-state index < -0.39 is 9.84 Å². The predicted molar refractivity (Wildman–Crippen MR) is 74.7 cm³/mol. The van der Waals surface area contributed by atoms with Gasteiger partial charge >= 0.3 is 0 Å². The summed E-state index contributed by atoms with van der Waals surface area (Å²) in [6.07, 6.45) is 1.49. The summed E-state index contributed by atoms with van der Waals surface area (Å²) in [6.45, 7) is 0.967. The van der Waals surface area contributed by atoms with Crippen molar-refractivity contribution in [2.24, 2.45) is 0 Å². The molecule has 0 amide bonds. The monoisotopic (exact) mass is 298 g/mol. The first-order chi connectivity index (χ1) is 9.03. The van der Waals surface area contributed by atoms with Gasteiger partial charge in [-0.05, 0) is 30.5 Å². The topological polar surface area (TPSA) is 70.0 Å².